The number of nitrogens with two attached hydrogens (primary N) is 1. The maximum atomic E-state index is 5.77. The summed E-state index contributed by atoms with van der Waals surface area (Å²) in [4.78, 5) is 0. The van der Waals surface area contributed by atoms with Gasteiger partial charge in [-0.05, 0) is 58.6 Å². The van der Waals surface area contributed by atoms with Crippen LogP contribution in [0.25, 0.3) is 0 Å². The molecular formula is C16H19BrN2O. The molecule has 20 heavy (non-hydrogen) atoms. The Balaban J connectivity index is 2.44. The van der Waals surface area contributed by atoms with E-state index in [0.29, 0.717) is 0 Å². The van der Waals surface area contributed by atoms with Crippen LogP contribution in [-0.2, 0) is 0 Å². The fourth-order valence-corrected chi connectivity index (χ4v) is 2.94. The Morgan fingerprint density at radius 1 is 1.15 bits per heavy atom. The Labute approximate surface area is 128 Å². The molecule has 2 aromatic carbocycles. The first-order valence-electron chi connectivity index (χ1n) is 6.43. The van der Waals surface area contributed by atoms with Crippen LogP contribution in [0.15, 0.2) is 40.9 Å². The topological polar surface area (TPSA) is 47.3 Å². The summed E-state index contributed by atoms with van der Waals surface area (Å²) in [7, 11) is 1.66. The van der Waals surface area contributed by atoms with Gasteiger partial charge in [0, 0.05) is 0 Å². The molecule has 0 amide bonds. The number of aryl methyl sites for hydroxylation is 2. The van der Waals surface area contributed by atoms with Gasteiger partial charge in [0.15, 0.2) is 0 Å². The second kappa shape index (κ2) is 6.39. The number of hydrogen-bond acceptors (Lipinski definition) is 3. The third kappa shape index (κ3) is 3.03. The van der Waals surface area contributed by atoms with Gasteiger partial charge in [-0.3, -0.25) is 5.84 Å². The largest absolute Gasteiger partial charge is 0.496 e. The van der Waals surface area contributed by atoms with Gasteiger partial charge in [0.2, 0.25) is 0 Å². The molecule has 3 nitrogen and oxygen atoms in total. The average Bonchev–Trinajstić information content (AvgIpc) is 2.42. The molecule has 0 aliphatic rings. The first-order chi connectivity index (χ1) is 9.56. The first-order valence-corrected chi connectivity index (χ1v) is 7.23. The molecular weight excluding hydrogens is 316 g/mol. The molecule has 0 spiro atoms. The van der Waals surface area contributed by atoms with Crippen molar-refractivity contribution in [3.8, 4) is 5.75 Å². The number of benzene rings is 2. The second-order valence-corrected chi connectivity index (χ2v) is 5.71. The van der Waals surface area contributed by atoms with Gasteiger partial charge < -0.3 is 4.74 Å². The van der Waals surface area contributed by atoms with Gasteiger partial charge in [-0.1, -0.05) is 29.8 Å². The second-order valence-electron chi connectivity index (χ2n) is 4.85. The van der Waals surface area contributed by atoms with Crippen molar-refractivity contribution in [3.05, 3.63) is 63.1 Å². The predicted octanol–water partition coefficient (Wildman–Crippen LogP) is 3.63. The third-order valence-corrected chi connectivity index (χ3v) is 4.03. The number of methoxy groups -OCH3 is 1. The monoisotopic (exact) mass is 334 g/mol. The Hall–Kier alpha value is -1.36. The van der Waals surface area contributed by atoms with E-state index in [4.69, 9.17) is 10.6 Å². The molecule has 0 bridgehead atoms. The number of ether oxygens (including phenoxy) is 1. The SMILES string of the molecule is COc1ccc(C(NN)c2ccc(C)cc2C)cc1Br. The number of rotatable bonds is 4. The zero-order valence-corrected chi connectivity index (χ0v) is 13.5. The standard InChI is InChI=1S/C16H19BrN2O/c1-10-4-6-13(11(2)8-10)16(19-18)12-5-7-15(20-3)14(17)9-12/h4-9,16,19H,18H2,1-3H3. The molecule has 0 heterocycles. The molecule has 0 radical (unpaired) electrons. The molecule has 1 atom stereocenters. The Bertz CT molecular complexity index is 613. The van der Waals surface area contributed by atoms with Crippen molar-refractivity contribution < 1.29 is 4.74 Å². The van der Waals surface area contributed by atoms with Crippen LogP contribution in [0.4, 0.5) is 0 Å². The fourth-order valence-electron chi connectivity index (χ4n) is 2.38. The summed E-state index contributed by atoms with van der Waals surface area (Å²) in [6.07, 6.45) is 0. The molecule has 0 aliphatic heterocycles. The lowest BCUT2D eigenvalue weighted by molar-refractivity contribution is 0.411. The number of halogens is 1. The highest BCUT2D eigenvalue weighted by Gasteiger charge is 2.16. The van der Waals surface area contributed by atoms with E-state index in [0.717, 1.165) is 15.8 Å². The van der Waals surface area contributed by atoms with Crippen molar-refractivity contribution in [2.24, 2.45) is 5.84 Å². The van der Waals surface area contributed by atoms with Crippen LogP contribution in [0.1, 0.15) is 28.3 Å². The van der Waals surface area contributed by atoms with Crippen molar-refractivity contribution in [3.63, 3.8) is 0 Å². The first kappa shape index (κ1) is 15.0. The van der Waals surface area contributed by atoms with Gasteiger partial charge in [-0.2, -0.15) is 0 Å². The Morgan fingerprint density at radius 3 is 2.45 bits per heavy atom. The van der Waals surface area contributed by atoms with Crippen LogP contribution in [0, 0.1) is 13.8 Å². The molecule has 3 N–H and O–H groups in total. The minimum absolute atomic E-state index is 0.0437. The highest BCUT2D eigenvalue weighted by molar-refractivity contribution is 9.10. The van der Waals surface area contributed by atoms with Crippen LogP contribution >= 0.6 is 15.9 Å². The minimum Gasteiger partial charge on any atom is -0.496 e. The maximum absolute atomic E-state index is 5.77. The minimum atomic E-state index is -0.0437. The van der Waals surface area contributed by atoms with Crippen LogP contribution in [-0.4, -0.2) is 7.11 Å². The highest BCUT2D eigenvalue weighted by atomic mass is 79.9. The summed E-state index contributed by atoms with van der Waals surface area (Å²) in [5, 5.41) is 0. The molecule has 0 aliphatic carbocycles. The van der Waals surface area contributed by atoms with Crippen LogP contribution in [0.3, 0.4) is 0 Å². The summed E-state index contributed by atoms with van der Waals surface area (Å²) in [5.41, 5.74) is 7.63. The van der Waals surface area contributed by atoms with E-state index in [1.54, 1.807) is 7.11 Å². The van der Waals surface area contributed by atoms with Crippen molar-refractivity contribution in [1.29, 1.82) is 0 Å². The Kier molecular flexibility index (Phi) is 4.81. The van der Waals surface area contributed by atoms with Crippen molar-refractivity contribution in [2.45, 2.75) is 19.9 Å². The average molecular weight is 335 g/mol. The van der Waals surface area contributed by atoms with Gasteiger partial charge >= 0.3 is 0 Å². The summed E-state index contributed by atoms with van der Waals surface area (Å²) in [6.45, 7) is 4.19. The van der Waals surface area contributed by atoms with Crippen LogP contribution in [0.2, 0.25) is 0 Å². The molecule has 0 fully saturated rings. The molecule has 2 rings (SSSR count). The molecule has 106 valence electrons. The molecule has 0 saturated carbocycles. The quantitative estimate of drug-likeness (QED) is 0.663. The highest BCUT2D eigenvalue weighted by Crippen LogP contribution is 2.31. The van der Waals surface area contributed by atoms with E-state index < -0.39 is 0 Å². The smallest absolute Gasteiger partial charge is 0.133 e. The predicted molar refractivity (Wildman–Crippen MR) is 85.8 cm³/mol. The van der Waals surface area contributed by atoms with Gasteiger partial charge in [-0.15, -0.1) is 0 Å². The summed E-state index contributed by atoms with van der Waals surface area (Å²) < 4.78 is 6.18. The number of nitrogens with one attached hydrogen (secondary N) is 1. The lowest BCUT2D eigenvalue weighted by Gasteiger charge is -2.20. The zero-order valence-electron chi connectivity index (χ0n) is 11.9. The van der Waals surface area contributed by atoms with E-state index in [9.17, 15) is 0 Å². The van der Waals surface area contributed by atoms with Crippen molar-refractivity contribution in [2.75, 3.05) is 7.11 Å². The Morgan fingerprint density at radius 2 is 1.90 bits per heavy atom. The van der Waals surface area contributed by atoms with E-state index in [2.05, 4.69) is 53.4 Å². The molecule has 0 aromatic heterocycles. The molecule has 1 unspecified atom stereocenters. The number of hydrogen-bond donors (Lipinski definition) is 2. The fraction of sp³-hybridized carbons (Fsp3) is 0.250. The molecule has 0 saturated heterocycles. The molecule has 2 aromatic rings. The molecule has 4 heteroatoms. The lowest BCUT2D eigenvalue weighted by Crippen LogP contribution is -2.29. The van der Waals surface area contributed by atoms with E-state index >= 15 is 0 Å². The zero-order chi connectivity index (χ0) is 14.7. The van der Waals surface area contributed by atoms with Crippen LogP contribution in [0.5, 0.6) is 5.75 Å². The summed E-state index contributed by atoms with van der Waals surface area (Å²) in [6, 6.07) is 12.3. The third-order valence-electron chi connectivity index (χ3n) is 3.41. The van der Waals surface area contributed by atoms with E-state index in [1.807, 2.05) is 18.2 Å². The van der Waals surface area contributed by atoms with Crippen molar-refractivity contribution >= 4 is 15.9 Å². The summed E-state index contributed by atoms with van der Waals surface area (Å²) >= 11 is 3.51. The normalized spacial score (nSPS) is 12.2. The van der Waals surface area contributed by atoms with E-state index in [-0.39, 0.29) is 6.04 Å². The number of hydrazine groups is 1. The maximum Gasteiger partial charge on any atom is 0.133 e. The van der Waals surface area contributed by atoms with Crippen molar-refractivity contribution in [1.82, 2.24) is 5.43 Å². The van der Waals surface area contributed by atoms with Gasteiger partial charge in [-0.25, -0.2) is 5.43 Å². The van der Waals surface area contributed by atoms with Gasteiger partial charge in [0.05, 0.1) is 17.6 Å². The van der Waals surface area contributed by atoms with Crippen LogP contribution < -0.4 is 16.0 Å². The van der Waals surface area contributed by atoms with Gasteiger partial charge in [0.1, 0.15) is 5.75 Å². The summed E-state index contributed by atoms with van der Waals surface area (Å²) in [5.74, 6) is 6.58. The lowest BCUT2D eigenvalue weighted by atomic mass is 9.94. The van der Waals surface area contributed by atoms with Gasteiger partial charge in [0.25, 0.3) is 0 Å². The van der Waals surface area contributed by atoms with E-state index in [1.165, 1.54) is 16.7 Å².